The normalized spacial score (nSPS) is 18.9. The number of nitrogens with zero attached hydrogens (tertiary/aromatic N) is 1. The second-order valence-corrected chi connectivity index (χ2v) is 9.69. The van der Waals surface area contributed by atoms with Crippen molar-refractivity contribution >= 4 is 17.2 Å². The van der Waals surface area contributed by atoms with Crippen molar-refractivity contribution in [1.82, 2.24) is 4.90 Å². The fraction of sp³-hybridized carbons (Fsp3) is 0.276. The number of rotatable bonds is 8. The maximum absolute atomic E-state index is 15.1. The van der Waals surface area contributed by atoms with E-state index >= 15 is 8.78 Å². The smallest absolute Gasteiger partial charge is 0.306 e. The molecular formula is C29H22F9NO. The lowest BCUT2D eigenvalue weighted by Gasteiger charge is -2.38. The molecule has 11 heteroatoms. The van der Waals surface area contributed by atoms with Crippen molar-refractivity contribution in [2.24, 2.45) is 5.41 Å². The third kappa shape index (κ3) is 4.75. The molecule has 212 valence electrons. The zero-order chi connectivity index (χ0) is 29.6. The van der Waals surface area contributed by atoms with Gasteiger partial charge in [0.05, 0.1) is 17.7 Å². The molecule has 4 rings (SSSR count). The van der Waals surface area contributed by atoms with Crippen molar-refractivity contribution in [3.63, 3.8) is 0 Å². The summed E-state index contributed by atoms with van der Waals surface area (Å²) in [4.78, 5) is 15.0. The van der Waals surface area contributed by atoms with E-state index in [0.717, 1.165) is 11.8 Å². The van der Waals surface area contributed by atoms with Crippen LogP contribution >= 0.6 is 0 Å². The molecule has 1 unspecified atom stereocenters. The van der Waals surface area contributed by atoms with Gasteiger partial charge in [0.25, 0.3) is 0 Å². The molecule has 0 aromatic heterocycles. The Morgan fingerprint density at radius 1 is 0.650 bits per heavy atom. The van der Waals surface area contributed by atoms with Crippen molar-refractivity contribution < 1.29 is 44.3 Å². The summed E-state index contributed by atoms with van der Waals surface area (Å²) in [5.41, 5.74) is -1.80. The minimum Gasteiger partial charge on any atom is -0.306 e. The fourth-order valence-corrected chi connectivity index (χ4v) is 4.90. The van der Waals surface area contributed by atoms with Gasteiger partial charge in [-0.1, -0.05) is 91.0 Å². The number of alkyl halides is 9. The largest absolute Gasteiger partial charge is 0.460 e. The molecule has 0 aliphatic carbocycles. The van der Waals surface area contributed by atoms with Gasteiger partial charge in [-0.25, -0.2) is 0 Å². The van der Waals surface area contributed by atoms with E-state index < -0.39 is 41.7 Å². The average molecular weight is 571 g/mol. The predicted molar refractivity (Wildman–Crippen MR) is 130 cm³/mol. The summed E-state index contributed by atoms with van der Waals surface area (Å²) >= 11 is 0. The third-order valence-electron chi connectivity index (χ3n) is 6.85. The molecule has 3 aromatic rings. The Bertz CT molecular complexity index is 1390. The Labute approximate surface area is 223 Å². The van der Waals surface area contributed by atoms with Crippen LogP contribution in [0, 0.1) is 5.41 Å². The zero-order valence-corrected chi connectivity index (χ0v) is 20.8. The standard InChI is InChI=1S/C29H22F9NO/c1-25(18-26(30,31)27(32,33)28(34,35)29(36,37)38)22(20-13-7-3-8-14-20)23(21-15-9-4-10-16-21)39(24(25)40)17-19-11-5-2-6-12-19/h2-16H,17-18H2,1H3. The number of hydrogen-bond acceptors (Lipinski definition) is 1. The maximum atomic E-state index is 15.1. The molecule has 2 nitrogen and oxygen atoms in total. The van der Waals surface area contributed by atoms with Crippen molar-refractivity contribution in [2.45, 2.75) is 43.8 Å². The van der Waals surface area contributed by atoms with E-state index in [1.165, 1.54) is 24.3 Å². The molecule has 0 radical (unpaired) electrons. The SMILES string of the molecule is CC1(CC(F)(F)C(F)(F)C(F)(F)C(F)(F)F)C(=O)N(Cc2ccccc2)C(c2ccccc2)=C1c1ccccc1. The lowest BCUT2D eigenvalue weighted by molar-refractivity contribution is -0.398. The first-order valence-corrected chi connectivity index (χ1v) is 12.0. The highest BCUT2D eigenvalue weighted by Gasteiger charge is 2.82. The summed E-state index contributed by atoms with van der Waals surface area (Å²) in [5.74, 6) is -21.0. The highest BCUT2D eigenvalue weighted by Crippen LogP contribution is 2.60. The summed E-state index contributed by atoms with van der Waals surface area (Å²) in [7, 11) is 0. The highest BCUT2D eigenvalue weighted by atomic mass is 19.4. The Morgan fingerprint density at radius 3 is 1.57 bits per heavy atom. The first-order valence-electron chi connectivity index (χ1n) is 12.0. The summed E-state index contributed by atoms with van der Waals surface area (Å²) < 4.78 is 125. The van der Waals surface area contributed by atoms with Crippen LogP contribution in [0.4, 0.5) is 39.5 Å². The van der Waals surface area contributed by atoms with Crippen LogP contribution < -0.4 is 0 Å². The van der Waals surface area contributed by atoms with Crippen LogP contribution in [0.15, 0.2) is 91.0 Å². The van der Waals surface area contributed by atoms with E-state index in [-0.39, 0.29) is 23.4 Å². The summed E-state index contributed by atoms with van der Waals surface area (Å²) in [5, 5.41) is 0. The number of carbonyl (C=O) groups is 1. The molecule has 40 heavy (non-hydrogen) atoms. The molecule has 0 N–H and O–H groups in total. The summed E-state index contributed by atoms with van der Waals surface area (Å²) in [6.07, 6.45) is -9.28. The van der Waals surface area contributed by atoms with E-state index in [2.05, 4.69) is 0 Å². The zero-order valence-electron chi connectivity index (χ0n) is 20.8. The second-order valence-electron chi connectivity index (χ2n) is 9.69. The van der Waals surface area contributed by atoms with Crippen molar-refractivity contribution in [3.8, 4) is 0 Å². The lowest BCUT2D eigenvalue weighted by Crippen LogP contribution is -2.62. The minimum atomic E-state index is -7.07. The van der Waals surface area contributed by atoms with Gasteiger partial charge in [-0.3, -0.25) is 4.79 Å². The van der Waals surface area contributed by atoms with Gasteiger partial charge in [0.15, 0.2) is 0 Å². The average Bonchev–Trinajstić information content (AvgIpc) is 3.10. The van der Waals surface area contributed by atoms with Crippen LogP contribution in [-0.2, 0) is 11.3 Å². The molecule has 1 heterocycles. The van der Waals surface area contributed by atoms with Crippen LogP contribution in [0.1, 0.15) is 30.0 Å². The molecule has 0 bridgehead atoms. The Kier molecular flexibility index (Phi) is 7.32. The van der Waals surface area contributed by atoms with Crippen LogP contribution in [0.3, 0.4) is 0 Å². The molecule has 1 atom stereocenters. The Morgan fingerprint density at radius 2 is 1.10 bits per heavy atom. The maximum Gasteiger partial charge on any atom is 0.460 e. The van der Waals surface area contributed by atoms with E-state index in [1.54, 1.807) is 66.7 Å². The first-order chi connectivity index (χ1) is 18.5. The number of halogens is 9. The second kappa shape index (κ2) is 10.0. The van der Waals surface area contributed by atoms with Crippen molar-refractivity contribution in [1.29, 1.82) is 0 Å². The number of amides is 1. The molecule has 1 aliphatic heterocycles. The van der Waals surface area contributed by atoms with Gasteiger partial charge >= 0.3 is 23.9 Å². The summed E-state index contributed by atoms with van der Waals surface area (Å²) in [6, 6.07) is 23.5. The third-order valence-corrected chi connectivity index (χ3v) is 6.85. The molecule has 0 fully saturated rings. The minimum absolute atomic E-state index is 0.0462. The molecule has 1 amide bonds. The van der Waals surface area contributed by atoms with E-state index in [0.29, 0.717) is 11.1 Å². The number of hydrogen-bond donors (Lipinski definition) is 0. The van der Waals surface area contributed by atoms with E-state index in [1.807, 2.05) is 0 Å². The Hall–Kier alpha value is -3.76. The number of benzene rings is 3. The van der Waals surface area contributed by atoms with Crippen LogP contribution in [0.2, 0.25) is 0 Å². The molecule has 0 saturated heterocycles. The summed E-state index contributed by atoms with van der Waals surface area (Å²) in [6.45, 7) is 0.651. The molecular weight excluding hydrogens is 549 g/mol. The monoisotopic (exact) mass is 571 g/mol. The van der Waals surface area contributed by atoms with Crippen molar-refractivity contribution in [3.05, 3.63) is 108 Å². The highest BCUT2D eigenvalue weighted by molar-refractivity contribution is 6.14. The molecule has 1 aliphatic rings. The van der Waals surface area contributed by atoms with Crippen LogP contribution in [0.5, 0.6) is 0 Å². The van der Waals surface area contributed by atoms with Gasteiger partial charge in [0.2, 0.25) is 5.91 Å². The van der Waals surface area contributed by atoms with Gasteiger partial charge in [0, 0.05) is 6.42 Å². The Balaban J connectivity index is 1.95. The van der Waals surface area contributed by atoms with E-state index in [9.17, 15) is 35.5 Å². The first kappa shape index (κ1) is 29.2. The van der Waals surface area contributed by atoms with Crippen molar-refractivity contribution in [2.75, 3.05) is 0 Å². The molecule has 3 aromatic carbocycles. The lowest BCUT2D eigenvalue weighted by atomic mass is 9.73. The quantitative estimate of drug-likeness (QED) is 0.249. The van der Waals surface area contributed by atoms with Gasteiger partial charge in [-0.15, -0.1) is 0 Å². The topological polar surface area (TPSA) is 20.3 Å². The predicted octanol–water partition coefficient (Wildman–Crippen LogP) is 8.46. The van der Waals surface area contributed by atoms with Crippen LogP contribution in [0.25, 0.3) is 11.3 Å². The van der Waals surface area contributed by atoms with Gasteiger partial charge in [-0.05, 0) is 29.2 Å². The van der Waals surface area contributed by atoms with Gasteiger partial charge in [-0.2, -0.15) is 39.5 Å². The molecule has 0 spiro atoms. The van der Waals surface area contributed by atoms with Crippen LogP contribution in [-0.4, -0.2) is 34.8 Å². The fourth-order valence-electron chi connectivity index (χ4n) is 4.90. The van der Waals surface area contributed by atoms with Gasteiger partial charge in [0.1, 0.15) is 0 Å². The van der Waals surface area contributed by atoms with Gasteiger partial charge < -0.3 is 4.90 Å². The van der Waals surface area contributed by atoms with E-state index in [4.69, 9.17) is 0 Å². The molecule has 0 saturated carbocycles. The number of carbonyl (C=O) groups excluding carboxylic acids is 1.